The number of aryl methyl sites for hydroxylation is 1. The molecule has 0 unspecified atom stereocenters. The topological polar surface area (TPSA) is 34.0 Å². The smallest absolute Gasteiger partial charge is 0.196 e. The molecule has 0 fully saturated rings. The van der Waals surface area contributed by atoms with Crippen molar-refractivity contribution < 1.29 is 18.0 Å². The quantitative estimate of drug-likeness (QED) is 0.653. The Bertz CT molecular complexity index is 751. The maximum atomic E-state index is 13.6. The Hall–Kier alpha value is -2.24. The first kappa shape index (κ1) is 17.1. The normalized spacial score (nSPS) is 11.1. The molecule has 3 nitrogen and oxygen atoms in total. The van der Waals surface area contributed by atoms with E-state index < -0.39 is 17.5 Å². The summed E-state index contributed by atoms with van der Waals surface area (Å²) in [5, 5.41) is 2.52. The lowest BCUT2D eigenvalue weighted by atomic mass is 10.1. The minimum atomic E-state index is -1.56. The molecular weight excluding hydrogens is 305 g/mol. The zero-order chi connectivity index (χ0) is 17.3. The Labute approximate surface area is 133 Å². The Morgan fingerprint density at radius 1 is 1.17 bits per heavy atom. The van der Waals surface area contributed by atoms with Crippen LogP contribution in [0.25, 0.3) is 0 Å². The van der Waals surface area contributed by atoms with E-state index in [-0.39, 0.29) is 24.1 Å². The predicted octanol–water partition coefficient (Wildman–Crippen LogP) is 4.40. The van der Waals surface area contributed by atoms with Crippen molar-refractivity contribution in [3.63, 3.8) is 0 Å². The van der Waals surface area contributed by atoms with Crippen LogP contribution in [0.4, 0.5) is 18.9 Å². The number of nitrogens with zero attached hydrogens (tertiary/aromatic N) is 1. The van der Waals surface area contributed by atoms with Crippen LogP contribution in [0.1, 0.15) is 41.6 Å². The second-order valence-electron chi connectivity index (χ2n) is 5.75. The van der Waals surface area contributed by atoms with Gasteiger partial charge >= 0.3 is 0 Å². The number of aromatic nitrogens is 1. The molecule has 1 aromatic heterocycles. The summed E-state index contributed by atoms with van der Waals surface area (Å²) >= 11 is 0. The second-order valence-corrected chi connectivity index (χ2v) is 5.75. The number of carbonyl (C=O) groups is 1. The number of anilines is 1. The molecule has 1 N–H and O–H groups in total. The Morgan fingerprint density at radius 3 is 2.39 bits per heavy atom. The number of Topliss-reactive ketones (excluding diaryl/α,β-unsaturated/α-hetero) is 1. The third-order valence-electron chi connectivity index (χ3n) is 3.78. The highest BCUT2D eigenvalue weighted by atomic mass is 19.2. The van der Waals surface area contributed by atoms with Gasteiger partial charge in [-0.15, -0.1) is 0 Å². The van der Waals surface area contributed by atoms with E-state index in [1.165, 1.54) is 0 Å². The van der Waals surface area contributed by atoms with Gasteiger partial charge in [-0.25, -0.2) is 13.2 Å². The average molecular weight is 324 g/mol. The first-order valence-corrected chi connectivity index (χ1v) is 7.33. The van der Waals surface area contributed by atoms with Crippen molar-refractivity contribution in [2.45, 2.75) is 33.7 Å². The summed E-state index contributed by atoms with van der Waals surface area (Å²) < 4.78 is 41.7. The summed E-state index contributed by atoms with van der Waals surface area (Å²) in [6.45, 7) is 7.58. The van der Waals surface area contributed by atoms with E-state index in [0.717, 1.165) is 23.5 Å². The Kier molecular flexibility index (Phi) is 4.82. The Balaban J connectivity index is 2.18. The predicted molar refractivity (Wildman–Crippen MR) is 83.4 cm³/mol. The summed E-state index contributed by atoms with van der Waals surface area (Å²) in [7, 11) is 0. The number of benzene rings is 1. The number of carbonyl (C=O) groups excluding carboxylic acids is 1. The van der Waals surface area contributed by atoms with Crippen molar-refractivity contribution in [1.29, 1.82) is 0 Å². The largest absolute Gasteiger partial charge is 0.375 e. The van der Waals surface area contributed by atoms with Gasteiger partial charge in [0.05, 0.1) is 12.2 Å². The van der Waals surface area contributed by atoms with Crippen LogP contribution in [0.2, 0.25) is 0 Å². The minimum absolute atomic E-state index is 0.204. The highest BCUT2D eigenvalue weighted by molar-refractivity contribution is 6.00. The number of rotatable bonds is 5. The van der Waals surface area contributed by atoms with Gasteiger partial charge in [0.15, 0.2) is 23.2 Å². The van der Waals surface area contributed by atoms with Crippen molar-refractivity contribution in [2.75, 3.05) is 11.9 Å². The third-order valence-corrected chi connectivity index (χ3v) is 3.78. The third kappa shape index (κ3) is 3.25. The minimum Gasteiger partial charge on any atom is -0.375 e. The fraction of sp³-hybridized carbons (Fsp3) is 0.353. The fourth-order valence-electron chi connectivity index (χ4n) is 2.79. The molecule has 0 radical (unpaired) electrons. The van der Waals surface area contributed by atoms with Gasteiger partial charge in [-0.2, -0.15) is 0 Å². The van der Waals surface area contributed by atoms with Gasteiger partial charge in [0.2, 0.25) is 0 Å². The standard InChI is InChI=1S/C17H19F3N2O/c1-9(2)22-10(3)7-12(11(22)4)15(23)8-21-14-6-5-13(18)16(19)17(14)20/h5-7,9,21H,8H2,1-4H3. The first-order valence-electron chi connectivity index (χ1n) is 7.33. The highest BCUT2D eigenvalue weighted by Gasteiger charge is 2.18. The van der Waals surface area contributed by atoms with Gasteiger partial charge in [0.25, 0.3) is 0 Å². The zero-order valence-corrected chi connectivity index (χ0v) is 13.5. The van der Waals surface area contributed by atoms with Gasteiger partial charge < -0.3 is 9.88 Å². The van der Waals surface area contributed by atoms with Crippen LogP contribution in [0.15, 0.2) is 18.2 Å². The van der Waals surface area contributed by atoms with Crippen LogP contribution in [0, 0.1) is 31.3 Å². The average Bonchev–Trinajstić information content (AvgIpc) is 2.78. The molecule has 23 heavy (non-hydrogen) atoms. The number of hydrogen-bond donors (Lipinski definition) is 1. The van der Waals surface area contributed by atoms with E-state index in [9.17, 15) is 18.0 Å². The number of nitrogens with one attached hydrogen (secondary N) is 1. The summed E-state index contributed by atoms with van der Waals surface area (Å²) in [4.78, 5) is 12.3. The van der Waals surface area contributed by atoms with Crippen molar-refractivity contribution in [1.82, 2.24) is 4.57 Å². The van der Waals surface area contributed by atoms with Gasteiger partial charge in [-0.05, 0) is 45.9 Å². The molecule has 0 aliphatic heterocycles. The van der Waals surface area contributed by atoms with Gasteiger partial charge in [0.1, 0.15) is 0 Å². The molecule has 0 spiro atoms. The van der Waals surface area contributed by atoms with Gasteiger partial charge in [-0.1, -0.05) is 0 Å². The van der Waals surface area contributed by atoms with Gasteiger partial charge in [-0.3, -0.25) is 4.79 Å². The van der Waals surface area contributed by atoms with E-state index >= 15 is 0 Å². The second kappa shape index (κ2) is 6.48. The summed E-state index contributed by atoms with van der Waals surface area (Å²) in [6, 6.07) is 3.88. The molecule has 0 bridgehead atoms. The van der Waals surface area contributed by atoms with E-state index in [0.29, 0.717) is 5.56 Å². The molecule has 124 valence electrons. The lowest BCUT2D eigenvalue weighted by molar-refractivity contribution is 0.101. The SMILES string of the molecule is Cc1cc(C(=O)CNc2ccc(F)c(F)c2F)c(C)n1C(C)C. The van der Waals surface area contributed by atoms with E-state index in [4.69, 9.17) is 0 Å². The molecule has 2 aromatic rings. The zero-order valence-electron chi connectivity index (χ0n) is 13.5. The van der Waals surface area contributed by atoms with Crippen LogP contribution < -0.4 is 5.32 Å². The number of halogens is 3. The van der Waals surface area contributed by atoms with Crippen LogP contribution in [-0.2, 0) is 0 Å². The van der Waals surface area contributed by atoms with Crippen LogP contribution in [0.5, 0.6) is 0 Å². The van der Waals surface area contributed by atoms with Crippen molar-refractivity contribution in [2.24, 2.45) is 0 Å². The fourth-order valence-corrected chi connectivity index (χ4v) is 2.79. The van der Waals surface area contributed by atoms with Gasteiger partial charge in [0, 0.05) is 23.0 Å². The molecule has 0 aliphatic carbocycles. The molecule has 0 saturated heterocycles. The summed E-state index contributed by atoms with van der Waals surface area (Å²) in [6.07, 6.45) is 0. The van der Waals surface area contributed by atoms with E-state index in [2.05, 4.69) is 5.32 Å². The molecule has 0 saturated carbocycles. The van der Waals surface area contributed by atoms with Crippen LogP contribution in [0.3, 0.4) is 0 Å². The highest BCUT2D eigenvalue weighted by Crippen LogP contribution is 2.22. The molecule has 1 aromatic carbocycles. The molecular formula is C17H19F3N2O. The molecule has 6 heteroatoms. The molecule has 0 aliphatic rings. The molecule has 0 atom stereocenters. The van der Waals surface area contributed by atoms with Crippen molar-refractivity contribution >= 4 is 11.5 Å². The molecule has 1 heterocycles. The summed E-state index contributed by atoms with van der Waals surface area (Å²) in [5.41, 5.74) is 2.08. The van der Waals surface area contributed by atoms with Crippen molar-refractivity contribution in [3.8, 4) is 0 Å². The number of hydrogen-bond acceptors (Lipinski definition) is 2. The number of ketones is 1. The Morgan fingerprint density at radius 2 is 1.83 bits per heavy atom. The lowest BCUT2D eigenvalue weighted by Crippen LogP contribution is -2.16. The van der Waals surface area contributed by atoms with E-state index in [1.54, 1.807) is 6.07 Å². The van der Waals surface area contributed by atoms with E-state index in [1.807, 2.05) is 32.3 Å². The maximum Gasteiger partial charge on any atom is 0.196 e. The lowest BCUT2D eigenvalue weighted by Gasteiger charge is -2.13. The van der Waals surface area contributed by atoms with Crippen LogP contribution >= 0.6 is 0 Å². The molecule has 0 amide bonds. The van der Waals surface area contributed by atoms with Crippen LogP contribution in [-0.4, -0.2) is 16.9 Å². The van der Waals surface area contributed by atoms with Crippen molar-refractivity contribution in [3.05, 3.63) is 52.6 Å². The summed E-state index contributed by atoms with van der Waals surface area (Å²) in [5.74, 6) is -4.39. The molecule has 2 rings (SSSR count). The maximum absolute atomic E-state index is 13.6. The first-order chi connectivity index (χ1) is 10.7. The monoisotopic (exact) mass is 324 g/mol.